The summed E-state index contributed by atoms with van der Waals surface area (Å²) in [5.41, 5.74) is 1.98. The van der Waals surface area contributed by atoms with Crippen molar-refractivity contribution in [2.75, 3.05) is 26.2 Å². The van der Waals surface area contributed by atoms with Gasteiger partial charge in [0.15, 0.2) is 0 Å². The summed E-state index contributed by atoms with van der Waals surface area (Å²) in [5, 5.41) is 7.92. The number of amides is 2. The molecule has 1 aromatic heterocycles. The predicted octanol–water partition coefficient (Wildman–Crippen LogP) is 3.65. The van der Waals surface area contributed by atoms with E-state index in [2.05, 4.69) is 10.2 Å². The summed E-state index contributed by atoms with van der Waals surface area (Å²) in [6.07, 6.45) is 3.62. The van der Waals surface area contributed by atoms with Crippen LogP contribution < -0.4 is 5.56 Å². The fourth-order valence-corrected chi connectivity index (χ4v) is 4.48. The van der Waals surface area contributed by atoms with E-state index >= 15 is 0 Å². The minimum atomic E-state index is -0.600. The number of carbonyl (C=O) groups excluding carboxylic acids is 2. The molecule has 1 N–H and O–H groups in total. The molecular formula is C29H25FN4O3. The maximum absolute atomic E-state index is 14.7. The van der Waals surface area contributed by atoms with Crippen molar-refractivity contribution >= 4 is 28.7 Å². The van der Waals surface area contributed by atoms with Crippen molar-refractivity contribution in [1.29, 1.82) is 0 Å². The average Bonchev–Trinajstić information content (AvgIpc) is 2.94. The molecule has 186 valence electrons. The van der Waals surface area contributed by atoms with Gasteiger partial charge in [-0.2, -0.15) is 5.10 Å². The Labute approximate surface area is 212 Å². The van der Waals surface area contributed by atoms with Crippen LogP contribution >= 0.6 is 0 Å². The predicted molar refractivity (Wildman–Crippen MR) is 140 cm³/mol. The molecule has 2 heterocycles. The molecule has 8 heteroatoms. The molecule has 0 radical (unpaired) electrons. The molecular weight excluding hydrogens is 471 g/mol. The van der Waals surface area contributed by atoms with Crippen LogP contribution in [-0.2, 0) is 11.2 Å². The third-order valence-corrected chi connectivity index (χ3v) is 6.50. The number of fused-ring (bicyclic) bond motifs is 1. The van der Waals surface area contributed by atoms with Crippen LogP contribution in [0.3, 0.4) is 0 Å². The number of nitrogens with zero attached hydrogens (tertiary/aromatic N) is 3. The lowest BCUT2D eigenvalue weighted by Crippen LogP contribution is -2.50. The summed E-state index contributed by atoms with van der Waals surface area (Å²) in [7, 11) is 0. The van der Waals surface area contributed by atoms with Crippen LogP contribution in [0.2, 0.25) is 0 Å². The van der Waals surface area contributed by atoms with Crippen molar-refractivity contribution < 1.29 is 14.0 Å². The van der Waals surface area contributed by atoms with Crippen LogP contribution in [0, 0.1) is 5.82 Å². The van der Waals surface area contributed by atoms with E-state index in [1.165, 1.54) is 12.1 Å². The highest BCUT2D eigenvalue weighted by molar-refractivity contribution is 5.95. The van der Waals surface area contributed by atoms with Crippen molar-refractivity contribution in [3.05, 3.63) is 117 Å². The van der Waals surface area contributed by atoms with E-state index in [1.807, 2.05) is 42.5 Å². The van der Waals surface area contributed by atoms with Gasteiger partial charge in [0.2, 0.25) is 5.91 Å². The van der Waals surface area contributed by atoms with E-state index in [9.17, 15) is 18.8 Å². The van der Waals surface area contributed by atoms with E-state index in [-0.39, 0.29) is 17.0 Å². The van der Waals surface area contributed by atoms with Crippen molar-refractivity contribution in [1.82, 2.24) is 20.0 Å². The second-order valence-corrected chi connectivity index (χ2v) is 8.90. The van der Waals surface area contributed by atoms with Gasteiger partial charge >= 0.3 is 0 Å². The Kier molecular flexibility index (Phi) is 6.89. The van der Waals surface area contributed by atoms with Crippen LogP contribution in [0.25, 0.3) is 16.8 Å². The number of nitrogens with one attached hydrogen (secondary N) is 1. The Morgan fingerprint density at radius 3 is 2.32 bits per heavy atom. The third kappa shape index (κ3) is 5.33. The molecule has 1 saturated heterocycles. The van der Waals surface area contributed by atoms with Gasteiger partial charge < -0.3 is 9.80 Å². The molecule has 2 amide bonds. The van der Waals surface area contributed by atoms with Crippen LogP contribution in [0.1, 0.15) is 27.2 Å². The molecule has 7 nitrogen and oxygen atoms in total. The molecule has 1 fully saturated rings. The monoisotopic (exact) mass is 496 g/mol. The van der Waals surface area contributed by atoms with Crippen molar-refractivity contribution in [3.63, 3.8) is 0 Å². The number of aromatic nitrogens is 2. The normalized spacial score (nSPS) is 13.9. The Morgan fingerprint density at radius 1 is 0.892 bits per heavy atom. The number of benzene rings is 3. The Bertz CT molecular complexity index is 1540. The lowest BCUT2D eigenvalue weighted by Gasteiger charge is -2.34. The molecule has 3 aromatic carbocycles. The summed E-state index contributed by atoms with van der Waals surface area (Å²) >= 11 is 0. The van der Waals surface area contributed by atoms with Gasteiger partial charge in [-0.05, 0) is 35.4 Å². The number of carbonyl (C=O) groups is 2. The summed E-state index contributed by atoms with van der Waals surface area (Å²) in [6.45, 7) is 1.38. The first-order valence-electron chi connectivity index (χ1n) is 12.1. The molecule has 4 aromatic rings. The van der Waals surface area contributed by atoms with E-state index in [0.717, 1.165) is 5.56 Å². The molecule has 0 bridgehead atoms. The Hall–Kier alpha value is -4.59. The van der Waals surface area contributed by atoms with Gasteiger partial charge in [-0.25, -0.2) is 9.49 Å². The van der Waals surface area contributed by atoms with Crippen LogP contribution in [0.4, 0.5) is 4.39 Å². The summed E-state index contributed by atoms with van der Waals surface area (Å²) in [6, 6.07) is 21.1. The lowest BCUT2D eigenvalue weighted by molar-refractivity contribution is -0.127. The highest BCUT2D eigenvalue weighted by Crippen LogP contribution is 2.20. The summed E-state index contributed by atoms with van der Waals surface area (Å²) in [5.74, 6) is -1.13. The standard InChI is InChI=1S/C29H25FN4O3/c30-25-12-10-21(19-26-22-8-4-5-9-23(22)28(36)32-31-26)18-24(25)29(37)34-16-14-33(15-17-34)27(35)13-11-20-6-2-1-3-7-20/h1-13,18H,14-17,19H2,(H,32,36)/b13-11+. The lowest BCUT2D eigenvalue weighted by atomic mass is 10.0. The first kappa shape index (κ1) is 24.1. The molecule has 1 aliphatic heterocycles. The second kappa shape index (κ2) is 10.6. The van der Waals surface area contributed by atoms with E-state index < -0.39 is 11.7 Å². The van der Waals surface area contributed by atoms with Gasteiger partial charge in [0.05, 0.1) is 16.6 Å². The van der Waals surface area contributed by atoms with Crippen molar-refractivity contribution in [2.45, 2.75) is 6.42 Å². The van der Waals surface area contributed by atoms with Gasteiger partial charge in [0, 0.05) is 44.1 Å². The fourth-order valence-electron chi connectivity index (χ4n) is 4.48. The van der Waals surface area contributed by atoms with Crippen molar-refractivity contribution in [2.24, 2.45) is 0 Å². The number of hydrogen-bond donors (Lipinski definition) is 1. The van der Waals surface area contributed by atoms with E-state index in [4.69, 9.17) is 0 Å². The van der Waals surface area contributed by atoms with Gasteiger partial charge in [0.25, 0.3) is 11.5 Å². The zero-order valence-electron chi connectivity index (χ0n) is 20.1. The SMILES string of the molecule is O=C(/C=C/c1ccccc1)N1CCN(C(=O)c2cc(Cc3n[nH]c(=O)c4ccccc34)ccc2F)CC1. The highest BCUT2D eigenvalue weighted by Gasteiger charge is 2.26. The zero-order chi connectivity index (χ0) is 25.8. The highest BCUT2D eigenvalue weighted by atomic mass is 19.1. The Balaban J connectivity index is 1.26. The van der Waals surface area contributed by atoms with Gasteiger partial charge in [-0.3, -0.25) is 14.4 Å². The Morgan fingerprint density at radius 2 is 1.57 bits per heavy atom. The number of hydrogen-bond acceptors (Lipinski definition) is 4. The maximum atomic E-state index is 14.7. The van der Waals surface area contributed by atoms with Gasteiger partial charge in [-0.15, -0.1) is 0 Å². The van der Waals surface area contributed by atoms with Crippen LogP contribution in [-0.4, -0.2) is 58.0 Å². The number of halogens is 1. The third-order valence-electron chi connectivity index (χ3n) is 6.50. The minimum Gasteiger partial charge on any atom is -0.336 e. The summed E-state index contributed by atoms with van der Waals surface area (Å²) in [4.78, 5) is 41.0. The van der Waals surface area contributed by atoms with Gasteiger partial charge in [-0.1, -0.05) is 54.6 Å². The molecule has 0 spiro atoms. The molecule has 0 aliphatic carbocycles. The van der Waals surface area contributed by atoms with Gasteiger partial charge in [0.1, 0.15) is 5.82 Å². The molecule has 5 rings (SSSR count). The second-order valence-electron chi connectivity index (χ2n) is 8.90. The largest absolute Gasteiger partial charge is 0.336 e. The minimum absolute atomic E-state index is 0.0185. The summed E-state index contributed by atoms with van der Waals surface area (Å²) < 4.78 is 14.7. The molecule has 0 atom stereocenters. The van der Waals surface area contributed by atoms with E-state index in [1.54, 1.807) is 40.1 Å². The number of H-pyrrole nitrogens is 1. The van der Waals surface area contributed by atoms with Crippen LogP contribution in [0.15, 0.2) is 83.7 Å². The quantitative estimate of drug-likeness (QED) is 0.428. The number of aromatic amines is 1. The zero-order valence-corrected chi connectivity index (χ0v) is 20.1. The first-order chi connectivity index (χ1) is 18.0. The molecule has 37 heavy (non-hydrogen) atoms. The first-order valence-corrected chi connectivity index (χ1v) is 12.1. The molecule has 1 aliphatic rings. The number of rotatable bonds is 5. The van der Waals surface area contributed by atoms with E-state index in [0.29, 0.717) is 54.6 Å². The fraction of sp³-hybridized carbons (Fsp3) is 0.172. The topological polar surface area (TPSA) is 86.4 Å². The van der Waals surface area contributed by atoms with Crippen molar-refractivity contribution in [3.8, 4) is 0 Å². The maximum Gasteiger partial charge on any atom is 0.272 e. The molecule has 0 unspecified atom stereocenters. The smallest absolute Gasteiger partial charge is 0.272 e. The molecule has 0 saturated carbocycles. The number of piperazine rings is 1. The van der Waals surface area contributed by atoms with Crippen LogP contribution in [0.5, 0.6) is 0 Å². The average molecular weight is 497 g/mol.